The first kappa shape index (κ1) is 17.1. The standard InChI is InChI=1S/C18H22O5/c1-3-12-11(2)14-10-23-18(22)16(14)17(21)13(12)8-6-4-5-7-9-15(19)20/h4-5,21H,3,6-10H2,1-2H3,(H,19,20)/b5-4+. The minimum absolute atomic E-state index is 0.0453. The Labute approximate surface area is 135 Å². The number of carbonyl (C=O) groups is 2. The highest BCUT2D eigenvalue weighted by molar-refractivity contribution is 5.97. The van der Waals surface area contributed by atoms with Gasteiger partial charge in [-0.2, -0.15) is 0 Å². The summed E-state index contributed by atoms with van der Waals surface area (Å²) in [5.74, 6) is -1.22. The van der Waals surface area contributed by atoms with E-state index in [9.17, 15) is 14.7 Å². The van der Waals surface area contributed by atoms with E-state index in [2.05, 4.69) is 0 Å². The number of carbonyl (C=O) groups excluding carboxylic acids is 1. The fraction of sp³-hybridized carbons (Fsp3) is 0.444. The minimum Gasteiger partial charge on any atom is -0.507 e. The monoisotopic (exact) mass is 318 g/mol. The third kappa shape index (κ3) is 3.55. The van der Waals surface area contributed by atoms with Crippen molar-refractivity contribution in [3.8, 4) is 5.75 Å². The van der Waals surface area contributed by atoms with Gasteiger partial charge in [0.05, 0.1) is 0 Å². The van der Waals surface area contributed by atoms with Crippen molar-refractivity contribution < 1.29 is 24.5 Å². The zero-order valence-electron chi connectivity index (χ0n) is 13.5. The molecule has 0 saturated heterocycles. The number of esters is 1. The molecule has 5 heteroatoms. The van der Waals surface area contributed by atoms with Crippen molar-refractivity contribution in [3.63, 3.8) is 0 Å². The predicted octanol–water partition coefficient (Wildman–Crippen LogP) is 3.29. The Morgan fingerprint density at radius 2 is 1.96 bits per heavy atom. The van der Waals surface area contributed by atoms with Crippen LogP contribution in [0.2, 0.25) is 0 Å². The Balaban J connectivity index is 2.18. The molecule has 1 aliphatic heterocycles. The van der Waals surface area contributed by atoms with Crippen LogP contribution in [0.15, 0.2) is 12.2 Å². The molecule has 1 aliphatic rings. The van der Waals surface area contributed by atoms with E-state index in [-0.39, 0.29) is 18.8 Å². The molecule has 0 radical (unpaired) electrons. The Kier molecular flexibility index (Phi) is 5.42. The fourth-order valence-corrected chi connectivity index (χ4v) is 3.06. The van der Waals surface area contributed by atoms with Crippen LogP contribution in [0.1, 0.15) is 58.8 Å². The number of hydrogen-bond acceptors (Lipinski definition) is 4. The Morgan fingerprint density at radius 1 is 1.26 bits per heavy atom. The van der Waals surface area contributed by atoms with Crippen LogP contribution in [0.25, 0.3) is 0 Å². The van der Waals surface area contributed by atoms with Gasteiger partial charge in [0.15, 0.2) is 0 Å². The van der Waals surface area contributed by atoms with Gasteiger partial charge in [0, 0.05) is 12.0 Å². The molecule has 2 rings (SSSR count). The summed E-state index contributed by atoms with van der Waals surface area (Å²) in [4.78, 5) is 22.3. The lowest BCUT2D eigenvalue weighted by atomic mass is 9.89. The van der Waals surface area contributed by atoms with Crippen molar-refractivity contribution >= 4 is 11.9 Å². The maximum atomic E-state index is 11.8. The van der Waals surface area contributed by atoms with E-state index in [1.165, 1.54) is 0 Å². The normalized spacial score (nSPS) is 13.4. The van der Waals surface area contributed by atoms with Crippen LogP contribution in [-0.2, 0) is 29.0 Å². The van der Waals surface area contributed by atoms with Crippen molar-refractivity contribution in [2.75, 3.05) is 0 Å². The van der Waals surface area contributed by atoms with E-state index in [0.717, 1.165) is 28.7 Å². The van der Waals surface area contributed by atoms with Crippen LogP contribution in [0.4, 0.5) is 0 Å². The smallest absolute Gasteiger partial charge is 0.342 e. The average Bonchev–Trinajstić information content (AvgIpc) is 2.89. The molecule has 0 fully saturated rings. The van der Waals surface area contributed by atoms with E-state index >= 15 is 0 Å². The number of benzene rings is 1. The second kappa shape index (κ2) is 7.31. The van der Waals surface area contributed by atoms with E-state index in [4.69, 9.17) is 9.84 Å². The third-order valence-electron chi connectivity index (χ3n) is 4.25. The summed E-state index contributed by atoms with van der Waals surface area (Å²) in [6.45, 7) is 4.22. The van der Waals surface area contributed by atoms with Crippen molar-refractivity contribution in [1.29, 1.82) is 0 Å². The molecule has 1 aromatic carbocycles. The second-order valence-corrected chi connectivity index (χ2v) is 5.66. The largest absolute Gasteiger partial charge is 0.507 e. The molecule has 0 unspecified atom stereocenters. The molecule has 0 saturated carbocycles. The molecule has 5 nitrogen and oxygen atoms in total. The van der Waals surface area contributed by atoms with Gasteiger partial charge in [0.25, 0.3) is 0 Å². The summed E-state index contributed by atoms with van der Waals surface area (Å²) in [6.07, 6.45) is 6.45. The van der Waals surface area contributed by atoms with Crippen LogP contribution in [-0.4, -0.2) is 22.2 Å². The Morgan fingerprint density at radius 3 is 2.61 bits per heavy atom. The molecule has 23 heavy (non-hydrogen) atoms. The Bertz CT molecular complexity index is 658. The molecule has 0 aliphatic carbocycles. The number of carboxylic acid groups (broad SMARTS) is 1. The first-order valence-electron chi connectivity index (χ1n) is 7.87. The van der Waals surface area contributed by atoms with Gasteiger partial charge >= 0.3 is 11.9 Å². The van der Waals surface area contributed by atoms with E-state index in [1.807, 2.05) is 26.0 Å². The highest BCUT2D eigenvalue weighted by Crippen LogP contribution is 2.38. The maximum absolute atomic E-state index is 11.8. The van der Waals surface area contributed by atoms with Gasteiger partial charge in [-0.25, -0.2) is 4.79 Å². The topological polar surface area (TPSA) is 83.8 Å². The molecule has 0 spiro atoms. The molecule has 0 bridgehead atoms. The number of hydrogen-bond donors (Lipinski definition) is 2. The second-order valence-electron chi connectivity index (χ2n) is 5.66. The summed E-state index contributed by atoms with van der Waals surface area (Å²) in [5.41, 5.74) is 4.00. The van der Waals surface area contributed by atoms with Crippen molar-refractivity contribution in [1.82, 2.24) is 0 Å². The van der Waals surface area contributed by atoms with Gasteiger partial charge in [0.1, 0.15) is 17.9 Å². The number of aliphatic carboxylic acids is 1. The first-order valence-corrected chi connectivity index (χ1v) is 7.87. The third-order valence-corrected chi connectivity index (χ3v) is 4.25. The summed E-state index contributed by atoms with van der Waals surface area (Å²) in [5, 5.41) is 19.1. The lowest BCUT2D eigenvalue weighted by Gasteiger charge is -2.16. The molecule has 0 atom stereocenters. The van der Waals surface area contributed by atoms with Crippen LogP contribution in [0.5, 0.6) is 5.75 Å². The fourth-order valence-electron chi connectivity index (χ4n) is 3.06. The molecule has 2 N–H and O–H groups in total. The van der Waals surface area contributed by atoms with Gasteiger partial charge in [-0.15, -0.1) is 0 Å². The summed E-state index contributed by atoms with van der Waals surface area (Å²) in [7, 11) is 0. The van der Waals surface area contributed by atoms with Gasteiger partial charge in [-0.3, -0.25) is 4.79 Å². The molecule has 0 aromatic heterocycles. The van der Waals surface area contributed by atoms with E-state index < -0.39 is 11.9 Å². The van der Waals surface area contributed by atoms with Gasteiger partial charge in [-0.1, -0.05) is 19.1 Å². The summed E-state index contributed by atoms with van der Waals surface area (Å²) < 4.78 is 5.05. The minimum atomic E-state index is -0.812. The molecule has 1 heterocycles. The number of aromatic hydroxyl groups is 1. The zero-order valence-corrected chi connectivity index (χ0v) is 13.5. The highest BCUT2D eigenvalue weighted by atomic mass is 16.5. The SMILES string of the molecule is CCc1c(C)c2c(c(O)c1CC/C=C/CCC(=O)O)C(=O)OC2. The van der Waals surface area contributed by atoms with Crippen molar-refractivity contribution in [2.24, 2.45) is 0 Å². The van der Waals surface area contributed by atoms with Crippen LogP contribution in [0, 0.1) is 6.92 Å². The number of carboxylic acids is 1. The number of phenols is 1. The maximum Gasteiger partial charge on any atom is 0.342 e. The molecular formula is C18H22O5. The summed E-state index contributed by atoms with van der Waals surface area (Å²) in [6, 6.07) is 0. The molecule has 0 amide bonds. The number of allylic oxidation sites excluding steroid dienone is 2. The molecule has 124 valence electrons. The predicted molar refractivity (Wildman–Crippen MR) is 85.7 cm³/mol. The number of rotatable bonds is 7. The number of cyclic esters (lactones) is 1. The first-order chi connectivity index (χ1) is 11.0. The lowest BCUT2D eigenvalue weighted by molar-refractivity contribution is -0.136. The van der Waals surface area contributed by atoms with E-state index in [0.29, 0.717) is 24.8 Å². The van der Waals surface area contributed by atoms with E-state index in [1.54, 1.807) is 0 Å². The summed E-state index contributed by atoms with van der Waals surface area (Å²) >= 11 is 0. The molecule has 1 aromatic rings. The van der Waals surface area contributed by atoms with Crippen molar-refractivity contribution in [3.05, 3.63) is 40.0 Å². The number of phenolic OH excluding ortho intramolecular Hbond substituents is 1. The highest BCUT2D eigenvalue weighted by Gasteiger charge is 2.30. The van der Waals surface area contributed by atoms with Gasteiger partial charge < -0.3 is 14.9 Å². The number of fused-ring (bicyclic) bond motifs is 1. The van der Waals surface area contributed by atoms with Crippen molar-refractivity contribution in [2.45, 2.75) is 52.6 Å². The average molecular weight is 318 g/mol. The molecular weight excluding hydrogens is 296 g/mol. The van der Waals surface area contributed by atoms with Crippen LogP contribution in [0.3, 0.4) is 0 Å². The van der Waals surface area contributed by atoms with Gasteiger partial charge in [-0.05, 0) is 49.3 Å². The van der Waals surface area contributed by atoms with Crippen LogP contribution < -0.4 is 0 Å². The van der Waals surface area contributed by atoms with Crippen LogP contribution >= 0.6 is 0 Å². The van der Waals surface area contributed by atoms with Gasteiger partial charge in [0.2, 0.25) is 0 Å². The lowest BCUT2D eigenvalue weighted by Crippen LogP contribution is -2.04. The zero-order chi connectivity index (χ0) is 17.0. The quantitative estimate of drug-likeness (QED) is 0.595. The number of ether oxygens (including phenoxy) is 1. The Hall–Kier alpha value is -2.30.